The van der Waals surface area contributed by atoms with Crippen molar-refractivity contribution in [3.63, 3.8) is 0 Å². The van der Waals surface area contributed by atoms with Crippen molar-refractivity contribution in [2.24, 2.45) is 5.41 Å². The number of benzene rings is 2. The summed E-state index contributed by atoms with van der Waals surface area (Å²) in [4.78, 5) is 17.4. The monoisotopic (exact) mass is 360 g/mol. The van der Waals surface area contributed by atoms with E-state index in [0.29, 0.717) is 19.6 Å². The van der Waals surface area contributed by atoms with Crippen LogP contribution in [0.1, 0.15) is 17.0 Å². The van der Waals surface area contributed by atoms with Gasteiger partial charge in [-0.15, -0.1) is 0 Å². The van der Waals surface area contributed by atoms with Crippen LogP contribution in [-0.2, 0) is 24.3 Å². The number of carbonyl (C=O) groups excluding carboxylic acids is 1. The number of carbonyl (C=O) groups is 1. The largest absolute Gasteiger partial charge is 0.348 e. The van der Waals surface area contributed by atoms with Gasteiger partial charge in [0.1, 0.15) is 5.82 Å². The summed E-state index contributed by atoms with van der Waals surface area (Å²) in [7, 11) is 0. The third-order valence-electron chi connectivity index (χ3n) is 5.20. The number of rotatable bonds is 7. The molecule has 0 spiro atoms. The van der Waals surface area contributed by atoms with Gasteiger partial charge in [0.15, 0.2) is 0 Å². The van der Waals surface area contributed by atoms with E-state index < -0.39 is 0 Å². The van der Waals surface area contributed by atoms with Gasteiger partial charge in [0.25, 0.3) is 0 Å². The van der Waals surface area contributed by atoms with E-state index in [2.05, 4.69) is 44.5 Å². The lowest BCUT2D eigenvalue weighted by Gasteiger charge is -2.41. The van der Waals surface area contributed by atoms with Crippen LogP contribution in [0, 0.1) is 5.41 Å². The normalized spacial score (nSPS) is 15.1. The molecule has 1 aliphatic rings. The molecule has 2 aromatic carbocycles. The average Bonchev–Trinajstić information content (AvgIpc) is 3.11. The number of hydrogen-bond acceptors (Lipinski definition) is 3. The minimum atomic E-state index is -0.363. The van der Waals surface area contributed by atoms with E-state index in [1.165, 1.54) is 11.1 Å². The molecule has 138 valence electrons. The summed E-state index contributed by atoms with van der Waals surface area (Å²) in [5.41, 5.74) is 2.05. The predicted molar refractivity (Wildman–Crippen MR) is 105 cm³/mol. The summed E-state index contributed by atoms with van der Waals surface area (Å²) in [5.74, 6) is 0.966. The van der Waals surface area contributed by atoms with E-state index in [1.54, 1.807) is 6.20 Å². The van der Waals surface area contributed by atoms with E-state index >= 15 is 0 Å². The quantitative estimate of drug-likeness (QED) is 0.680. The Morgan fingerprint density at radius 2 is 1.70 bits per heavy atom. The van der Waals surface area contributed by atoms with E-state index in [4.69, 9.17) is 0 Å². The van der Waals surface area contributed by atoms with E-state index in [1.807, 2.05) is 42.6 Å². The van der Waals surface area contributed by atoms with Gasteiger partial charge in [0.05, 0.1) is 12.0 Å². The van der Waals surface area contributed by atoms with Gasteiger partial charge < -0.3 is 15.2 Å². The Kier molecular flexibility index (Phi) is 5.03. The molecule has 0 unspecified atom stereocenters. The molecule has 0 bridgehead atoms. The second-order valence-electron chi connectivity index (χ2n) is 7.19. The Labute approximate surface area is 159 Å². The molecule has 2 N–H and O–H groups in total. The number of nitrogens with one attached hydrogen (secondary N) is 2. The van der Waals surface area contributed by atoms with Gasteiger partial charge in [0.2, 0.25) is 5.91 Å². The highest BCUT2D eigenvalue weighted by molar-refractivity contribution is 5.84. The molecule has 1 saturated heterocycles. The summed E-state index contributed by atoms with van der Waals surface area (Å²) in [6.07, 6.45) is 4.50. The Morgan fingerprint density at radius 3 is 2.33 bits per heavy atom. The zero-order chi connectivity index (χ0) is 18.5. The van der Waals surface area contributed by atoms with Crippen molar-refractivity contribution < 1.29 is 4.79 Å². The van der Waals surface area contributed by atoms with Gasteiger partial charge in [-0.1, -0.05) is 60.7 Å². The van der Waals surface area contributed by atoms with Crippen molar-refractivity contribution >= 4 is 5.91 Å². The first-order valence-electron chi connectivity index (χ1n) is 9.32. The van der Waals surface area contributed by atoms with Gasteiger partial charge in [-0.25, -0.2) is 4.98 Å². The Hall–Kier alpha value is -2.92. The number of amides is 1. The van der Waals surface area contributed by atoms with Crippen LogP contribution >= 0.6 is 0 Å². The molecule has 1 amide bonds. The first-order chi connectivity index (χ1) is 13.3. The molecule has 27 heavy (non-hydrogen) atoms. The fraction of sp³-hybridized carbons (Fsp3) is 0.273. The summed E-state index contributed by atoms with van der Waals surface area (Å²) in [6.45, 7) is 2.62. The highest BCUT2D eigenvalue weighted by atomic mass is 16.2. The molecule has 0 aliphatic carbocycles. The summed E-state index contributed by atoms with van der Waals surface area (Å²) >= 11 is 0. The summed E-state index contributed by atoms with van der Waals surface area (Å²) < 4.78 is 2.08. The fourth-order valence-corrected chi connectivity index (χ4v) is 3.56. The molecule has 5 nitrogen and oxygen atoms in total. The standard InChI is InChI=1S/C22H24N4O/c27-21(22(16-23-17-22)13-18-7-3-1-4-8-18)25-14-20-24-11-12-26(20)15-19-9-5-2-6-10-19/h1-12,23H,13-17H2,(H,25,27). The number of hydrogen-bond donors (Lipinski definition) is 2. The molecular weight excluding hydrogens is 336 g/mol. The molecule has 3 aromatic rings. The summed E-state index contributed by atoms with van der Waals surface area (Å²) in [6, 6.07) is 20.5. The zero-order valence-corrected chi connectivity index (χ0v) is 15.3. The SMILES string of the molecule is O=C(NCc1nccn1Cc1ccccc1)C1(Cc2ccccc2)CNC1. The van der Waals surface area contributed by atoms with Crippen LogP contribution in [0.4, 0.5) is 0 Å². The average molecular weight is 360 g/mol. The highest BCUT2D eigenvalue weighted by Gasteiger charge is 2.44. The molecule has 0 saturated carbocycles. The second-order valence-corrected chi connectivity index (χ2v) is 7.19. The molecule has 2 heterocycles. The Morgan fingerprint density at radius 1 is 1.04 bits per heavy atom. The first kappa shape index (κ1) is 17.5. The topological polar surface area (TPSA) is 59.0 Å². The van der Waals surface area contributed by atoms with Crippen LogP contribution < -0.4 is 10.6 Å². The van der Waals surface area contributed by atoms with Crippen LogP contribution in [0.3, 0.4) is 0 Å². The maximum Gasteiger partial charge on any atom is 0.229 e. The Balaban J connectivity index is 1.40. The fourth-order valence-electron chi connectivity index (χ4n) is 3.56. The molecule has 1 aromatic heterocycles. The third-order valence-corrected chi connectivity index (χ3v) is 5.20. The predicted octanol–water partition coefficient (Wildman–Crippen LogP) is 2.38. The lowest BCUT2D eigenvalue weighted by Crippen LogP contribution is -2.62. The third kappa shape index (κ3) is 3.93. The minimum absolute atomic E-state index is 0.0966. The molecule has 0 atom stereocenters. The van der Waals surface area contributed by atoms with Gasteiger partial charge in [-0.05, 0) is 17.5 Å². The van der Waals surface area contributed by atoms with Crippen molar-refractivity contribution in [2.45, 2.75) is 19.5 Å². The van der Waals surface area contributed by atoms with Gasteiger partial charge >= 0.3 is 0 Å². The van der Waals surface area contributed by atoms with E-state index in [9.17, 15) is 4.79 Å². The zero-order valence-electron chi connectivity index (χ0n) is 15.3. The van der Waals surface area contributed by atoms with Crippen LogP contribution in [0.5, 0.6) is 0 Å². The maximum atomic E-state index is 12.9. The molecule has 5 heteroatoms. The smallest absolute Gasteiger partial charge is 0.229 e. The molecule has 1 fully saturated rings. The molecule has 0 radical (unpaired) electrons. The highest BCUT2D eigenvalue weighted by Crippen LogP contribution is 2.28. The van der Waals surface area contributed by atoms with Gasteiger partial charge in [-0.3, -0.25) is 4.79 Å². The molecular formula is C22H24N4O. The van der Waals surface area contributed by atoms with Gasteiger partial charge in [0, 0.05) is 32.0 Å². The van der Waals surface area contributed by atoms with Crippen molar-refractivity contribution in [1.82, 2.24) is 20.2 Å². The first-order valence-corrected chi connectivity index (χ1v) is 9.32. The minimum Gasteiger partial charge on any atom is -0.348 e. The van der Waals surface area contributed by atoms with Crippen molar-refractivity contribution in [2.75, 3.05) is 13.1 Å². The van der Waals surface area contributed by atoms with Crippen LogP contribution in [-0.4, -0.2) is 28.5 Å². The van der Waals surface area contributed by atoms with Crippen LogP contribution in [0.25, 0.3) is 0 Å². The second kappa shape index (κ2) is 7.76. The van der Waals surface area contributed by atoms with E-state index in [-0.39, 0.29) is 11.3 Å². The Bertz CT molecular complexity index is 885. The molecule has 4 rings (SSSR count). The number of nitrogens with zero attached hydrogens (tertiary/aromatic N) is 2. The molecule has 1 aliphatic heterocycles. The lowest BCUT2D eigenvalue weighted by atomic mass is 9.75. The van der Waals surface area contributed by atoms with Gasteiger partial charge in [-0.2, -0.15) is 0 Å². The van der Waals surface area contributed by atoms with Crippen molar-refractivity contribution in [3.05, 3.63) is 90.0 Å². The summed E-state index contributed by atoms with van der Waals surface area (Å²) in [5, 5.41) is 6.37. The van der Waals surface area contributed by atoms with Crippen LogP contribution in [0.2, 0.25) is 0 Å². The van der Waals surface area contributed by atoms with E-state index in [0.717, 1.165) is 18.8 Å². The lowest BCUT2D eigenvalue weighted by molar-refractivity contribution is -0.134. The van der Waals surface area contributed by atoms with Crippen molar-refractivity contribution in [1.29, 1.82) is 0 Å². The van der Waals surface area contributed by atoms with Crippen molar-refractivity contribution in [3.8, 4) is 0 Å². The number of aromatic nitrogens is 2. The number of imidazole rings is 1. The maximum absolute atomic E-state index is 12.9. The van der Waals surface area contributed by atoms with Crippen LogP contribution in [0.15, 0.2) is 73.1 Å².